The fourth-order valence-electron chi connectivity index (χ4n) is 3.89. The van der Waals surface area contributed by atoms with Crippen molar-refractivity contribution in [2.45, 2.75) is 51.1 Å². The second-order valence-electron chi connectivity index (χ2n) is 6.04. The highest BCUT2D eigenvalue weighted by atomic mass is 32.1. The molecule has 3 unspecified atom stereocenters. The van der Waals surface area contributed by atoms with Crippen LogP contribution in [0.1, 0.15) is 49.9 Å². The van der Waals surface area contributed by atoms with Crippen molar-refractivity contribution in [1.29, 1.82) is 0 Å². The number of thiophene rings is 1. The summed E-state index contributed by atoms with van der Waals surface area (Å²) in [6.45, 7) is 6.17. The Morgan fingerprint density at radius 3 is 3.05 bits per heavy atom. The van der Waals surface area contributed by atoms with Crippen LogP contribution in [0.15, 0.2) is 17.5 Å². The molecule has 0 aliphatic carbocycles. The quantitative estimate of drug-likeness (QED) is 0.904. The third kappa shape index (κ3) is 3.04. The number of hydrogen-bond acceptors (Lipinski definition) is 3. The molecule has 1 aromatic rings. The number of likely N-dealkylation sites (tertiary alicyclic amines) is 1. The third-order valence-electron chi connectivity index (χ3n) is 4.86. The number of nitrogens with one attached hydrogen (secondary N) is 1. The minimum atomic E-state index is 0.657. The zero-order valence-electron chi connectivity index (χ0n) is 12.0. The van der Waals surface area contributed by atoms with Crippen molar-refractivity contribution in [2.24, 2.45) is 5.92 Å². The van der Waals surface area contributed by atoms with Crippen LogP contribution in [0.25, 0.3) is 0 Å². The Bertz CT molecular complexity index is 370. The van der Waals surface area contributed by atoms with E-state index in [4.69, 9.17) is 0 Å². The average molecular weight is 278 g/mol. The number of rotatable bonds is 4. The van der Waals surface area contributed by atoms with Crippen LogP contribution < -0.4 is 5.32 Å². The second-order valence-corrected chi connectivity index (χ2v) is 7.02. The van der Waals surface area contributed by atoms with Gasteiger partial charge in [-0.25, -0.2) is 0 Å². The lowest BCUT2D eigenvalue weighted by atomic mass is 9.88. The molecule has 2 aliphatic rings. The smallest absolute Gasteiger partial charge is 0.0439 e. The highest BCUT2D eigenvalue weighted by molar-refractivity contribution is 7.10. The van der Waals surface area contributed by atoms with Gasteiger partial charge in [-0.15, -0.1) is 11.3 Å². The first kappa shape index (κ1) is 13.6. The molecule has 3 rings (SSSR count). The van der Waals surface area contributed by atoms with Crippen molar-refractivity contribution >= 4 is 11.3 Å². The Kier molecular flexibility index (Phi) is 4.57. The molecule has 2 nitrogen and oxygen atoms in total. The predicted octanol–water partition coefficient (Wildman–Crippen LogP) is 3.66. The molecule has 0 bridgehead atoms. The summed E-state index contributed by atoms with van der Waals surface area (Å²) in [5.74, 6) is 0.880. The molecule has 0 amide bonds. The Hall–Kier alpha value is -0.380. The van der Waals surface area contributed by atoms with Gasteiger partial charge in [0, 0.05) is 23.5 Å². The molecule has 1 aromatic heterocycles. The van der Waals surface area contributed by atoms with E-state index in [0.29, 0.717) is 6.04 Å². The van der Waals surface area contributed by atoms with Crippen molar-refractivity contribution in [1.82, 2.24) is 10.2 Å². The van der Waals surface area contributed by atoms with E-state index in [2.05, 4.69) is 34.7 Å². The molecule has 2 fully saturated rings. The molecular weight excluding hydrogens is 252 g/mol. The Balaban J connectivity index is 1.66. The van der Waals surface area contributed by atoms with Crippen molar-refractivity contribution < 1.29 is 0 Å². The first-order valence-electron chi connectivity index (χ1n) is 7.89. The fraction of sp³-hybridized carbons (Fsp3) is 0.750. The lowest BCUT2D eigenvalue weighted by Gasteiger charge is -2.39. The SMILES string of the molecule is CCC(c1cccs1)N1CCCC(C2CCCN2)C1. The number of piperidine rings is 1. The van der Waals surface area contributed by atoms with Crippen LogP contribution in [0.5, 0.6) is 0 Å². The Morgan fingerprint density at radius 1 is 1.42 bits per heavy atom. The average Bonchev–Trinajstić information content (AvgIpc) is 3.13. The van der Waals surface area contributed by atoms with Crippen LogP contribution in [0, 0.1) is 5.92 Å². The first-order chi connectivity index (χ1) is 9.38. The van der Waals surface area contributed by atoms with Gasteiger partial charge in [0.15, 0.2) is 0 Å². The topological polar surface area (TPSA) is 15.3 Å². The summed E-state index contributed by atoms with van der Waals surface area (Å²) < 4.78 is 0. The fourth-order valence-corrected chi connectivity index (χ4v) is 4.83. The molecule has 3 atom stereocenters. The summed E-state index contributed by atoms with van der Waals surface area (Å²) in [7, 11) is 0. The minimum absolute atomic E-state index is 0.657. The molecule has 0 aromatic carbocycles. The van der Waals surface area contributed by atoms with Crippen LogP contribution >= 0.6 is 11.3 Å². The summed E-state index contributed by atoms with van der Waals surface area (Å²) in [4.78, 5) is 4.31. The van der Waals surface area contributed by atoms with E-state index >= 15 is 0 Å². The molecule has 3 heteroatoms. The van der Waals surface area contributed by atoms with Crippen LogP contribution in [-0.4, -0.2) is 30.6 Å². The van der Waals surface area contributed by atoms with Gasteiger partial charge in [0.05, 0.1) is 0 Å². The maximum atomic E-state index is 3.71. The van der Waals surface area contributed by atoms with Crippen molar-refractivity contribution in [3.8, 4) is 0 Å². The molecule has 19 heavy (non-hydrogen) atoms. The highest BCUT2D eigenvalue weighted by Crippen LogP contribution is 2.33. The van der Waals surface area contributed by atoms with Crippen LogP contribution in [-0.2, 0) is 0 Å². The lowest BCUT2D eigenvalue weighted by Crippen LogP contribution is -2.44. The zero-order valence-corrected chi connectivity index (χ0v) is 12.8. The van der Waals surface area contributed by atoms with Crippen LogP contribution in [0.4, 0.5) is 0 Å². The predicted molar refractivity (Wildman–Crippen MR) is 82.7 cm³/mol. The van der Waals surface area contributed by atoms with E-state index in [1.54, 1.807) is 4.88 Å². The summed E-state index contributed by atoms with van der Waals surface area (Å²) in [6, 6.07) is 5.96. The summed E-state index contributed by atoms with van der Waals surface area (Å²) >= 11 is 1.93. The lowest BCUT2D eigenvalue weighted by molar-refractivity contribution is 0.106. The van der Waals surface area contributed by atoms with Gasteiger partial charge in [-0.2, -0.15) is 0 Å². The largest absolute Gasteiger partial charge is 0.314 e. The molecule has 2 aliphatic heterocycles. The van der Waals surface area contributed by atoms with Crippen LogP contribution in [0.3, 0.4) is 0 Å². The molecule has 0 spiro atoms. The van der Waals surface area contributed by atoms with E-state index < -0.39 is 0 Å². The number of nitrogens with zero attached hydrogens (tertiary/aromatic N) is 1. The van der Waals surface area contributed by atoms with Gasteiger partial charge in [-0.05, 0) is 62.6 Å². The Labute approximate surface area is 121 Å². The third-order valence-corrected chi connectivity index (χ3v) is 5.83. The van der Waals surface area contributed by atoms with Crippen LogP contribution in [0.2, 0.25) is 0 Å². The van der Waals surface area contributed by atoms with Crippen molar-refractivity contribution in [3.05, 3.63) is 22.4 Å². The second kappa shape index (κ2) is 6.38. The molecule has 2 saturated heterocycles. The van der Waals surface area contributed by atoms with Gasteiger partial charge in [-0.3, -0.25) is 4.90 Å². The van der Waals surface area contributed by atoms with Crippen molar-refractivity contribution in [2.75, 3.05) is 19.6 Å². The van der Waals surface area contributed by atoms with E-state index in [-0.39, 0.29) is 0 Å². The normalized spacial score (nSPS) is 30.6. The van der Waals surface area contributed by atoms with E-state index in [9.17, 15) is 0 Å². The Morgan fingerprint density at radius 2 is 2.37 bits per heavy atom. The highest BCUT2D eigenvalue weighted by Gasteiger charge is 2.31. The first-order valence-corrected chi connectivity index (χ1v) is 8.77. The van der Waals surface area contributed by atoms with Gasteiger partial charge in [0.25, 0.3) is 0 Å². The molecule has 3 heterocycles. The molecular formula is C16H26N2S. The van der Waals surface area contributed by atoms with E-state index in [1.165, 1.54) is 51.7 Å². The van der Waals surface area contributed by atoms with Gasteiger partial charge in [0.2, 0.25) is 0 Å². The standard InChI is InChI=1S/C16H26N2S/c1-2-15(16-8-5-11-19-16)18-10-4-6-13(12-18)14-7-3-9-17-14/h5,8,11,13-15,17H,2-4,6-7,9-10,12H2,1H3. The van der Waals surface area contributed by atoms with Gasteiger partial charge >= 0.3 is 0 Å². The maximum Gasteiger partial charge on any atom is 0.0439 e. The zero-order chi connectivity index (χ0) is 13.1. The summed E-state index contributed by atoms with van der Waals surface area (Å²) in [5, 5.41) is 5.93. The van der Waals surface area contributed by atoms with Gasteiger partial charge < -0.3 is 5.32 Å². The molecule has 1 N–H and O–H groups in total. The monoisotopic (exact) mass is 278 g/mol. The van der Waals surface area contributed by atoms with Gasteiger partial charge in [0.1, 0.15) is 0 Å². The maximum absolute atomic E-state index is 3.71. The number of hydrogen-bond donors (Lipinski definition) is 1. The minimum Gasteiger partial charge on any atom is -0.314 e. The van der Waals surface area contributed by atoms with E-state index in [0.717, 1.165) is 12.0 Å². The molecule has 0 saturated carbocycles. The molecule has 0 radical (unpaired) electrons. The van der Waals surface area contributed by atoms with E-state index in [1.807, 2.05) is 11.3 Å². The van der Waals surface area contributed by atoms with Gasteiger partial charge in [-0.1, -0.05) is 13.0 Å². The summed E-state index contributed by atoms with van der Waals surface area (Å²) in [6.07, 6.45) is 6.82. The summed E-state index contributed by atoms with van der Waals surface area (Å²) in [5.41, 5.74) is 0. The van der Waals surface area contributed by atoms with Crippen molar-refractivity contribution in [3.63, 3.8) is 0 Å². The molecule has 106 valence electrons.